The summed E-state index contributed by atoms with van der Waals surface area (Å²) in [5.41, 5.74) is 3.77. The van der Waals surface area contributed by atoms with Gasteiger partial charge < -0.3 is 9.84 Å². The number of aromatic nitrogens is 3. The summed E-state index contributed by atoms with van der Waals surface area (Å²) in [7, 11) is 0. The van der Waals surface area contributed by atoms with E-state index in [0.29, 0.717) is 12.3 Å². The molecule has 0 amide bonds. The van der Waals surface area contributed by atoms with E-state index >= 15 is 0 Å². The molecule has 2 aromatic heterocycles. The molecular formula is C25H33N3O3. The first-order valence-corrected chi connectivity index (χ1v) is 10.7. The maximum Gasteiger partial charge on any atom is 0.302 e. The van der Waals surface area contributed by atoms with Crippen molar-refractivity contribution in [2.45, 2.75) is 78.9 Å². The largest absolute Gasteiger partial charge is 0.507 e. The molecule has 1 aromatic carbocycles. The van der Waals surface area contributed by atoms with Crippen LogP contribution in [0.25, 0.3) is 22.3 Å². The monoisotopic (exact) mass is 423 g/mol. The average Bonchev–Trinajstić information content (AvgIpc) is 2.98. The molecule has 0 radical (unpaired) electrons. The summed E-state index contributed by atoms with van der Waals surface area (Å²) in [6, 6.07) is 7.94. The summed E-state index contributed by atoms with van der Waals surface area (Å²) in [5.74, 6) is 0.0226. The molecule has 0 bridgehead atoms. The van der Waals surface area contributed by atoms with E-state index in [9.17, 15) is 9.90 Å². The summed E-state index contributed by atoms with van der Waals surface area (Å²) in [6.45, 7) is 16.2. The molecule has 0 spiro atoms. The van der Waals surface area contributed by atoms with E-state index in [1.807, 2.05) is 31.2 Å². The first kappa shape index (κ1) is 22.8. The van der Waals surface area contributed by atoms with Crippen molar-refractivity contribution in [3.63, 3.8) is 0 Å². The maximum atomic E-state index is 11.3. The number of hydrogen-bond donors (Lipinski definition) is 1. The normalized spacial score (nSPS) is 13.4. The Morgan fingerprint density at radius 2 is 1.71 bits per heavy atom. The molecule has 31 heavy (non-hydrogen) atoms. The summed E-state index contributed by atoms with van der Waals surface area (Å²) >= 11 is 0. The average molecular weight is 424 g/mol. The topological polar surface area (TPSA) is 77.2 Å². The van der Waals surface area contributed by atoms with Crippen molar-refractivity contribution in [1.82, 2.24) is 14.8 Å². The second kappa shape index (κ2) is 7.98. The van der Waals surface area contributed by atoms with E-state index in [2.05, 4.69) is 46.5 Å². The van der Waals surface area contributed by atoms with Crippen LogP contribution >= 0.6 is 0 Å². The molecule has 0 saturated carbocycles. The molecule has 1 unspecified atom stereocenters. The number of phenolic OH excluding ortho intramolecular Hbond substituents is 1. The van der Waals surface area contributed by atoms with Crippen LogP contribution in [0, 0.1) is 0 Å². The first-order valence-electron chi connectivity index (χ1n) is 10.7. The third kappa shape index (κ3) is 4.73. The molecule has 3 aromatic rings. The minimum absolute atomic E-state index is 0.236. The van der Waals surface area contributed by atoms with Gasteiger partial charge in [-0.1, -0.05) is 41.5 Å². The predicted molar refractivity (Wildman–Crippen MR) is 123 cm³/mol. The van der Waals surface area contributed by atoms with Gasteiger partial charge >= 0.3 is 5.97 Å². The van der Waals surface area contributed by atoms with Crippen LogP contribution in [0.2, 0.25) is 0 Å². The van der Waals surface area contributed by atoms with Crippen molar-refractivity contribution >= 4 is 17.0 Å². The van der Waals surface area contributed by atoms with Crippen LogP contribution in [0.3, 0.4) is 0 Å². The lowest BCUT2D eigenvalue weighted by Crippen LogP contribution is -2.20. The summed E-state index contributed by atoms with van der Waals surface area (Å²) < 4.78 is 7.09. The van der Waals surface area contributed by atoms with Crippen molar-refractivity contribution in [1.29, 1.82) is 0 Å². The number of nitrogens with zero attached hydrogens (tertiary/aromatic N) is 3. The molecule has 166 valence electrons. The van der Waals surface area contributed by atoms with Gasteiger partial charge in [0, 0.05) is 35.2 Å². The number of carbonyl (C=O) groups is 1. The molecule has 6 nitrogen and oxygen atoms in total. The zero-order valence-corrected chi connectivity index (χ0v) is 19.8. The van der Waals surface area contributed by atoms with Crippen LogP contribution in [-0.4, -0.2) is 31.9 Å². The molecule has 0 saturated heterocycles. The van der Waals surface area contributed by atoms with Gasteiger partial charge in [0.15, 0.2) is 5.65 Å². The minimum Gasteiger partial charge on any atom is -0.507 e. The number of ether oxygens (including phenoxy) is 1. The number of phenols is 1. The van der Waals surface area contributed by atoms with Gasteiger partial charge in [0.25, 0.3) is 0 Å². The fourth-order valence-electron chi connectivity index (χ4n) is 3.83. The Morgan fingerprint density at radius 3 is 2.23 bits per heavy atom. The van der Waals surface area contributed by atoms with Crippen molar-refractivity contribution in [3.8, 4) is 17.0 Å². The number of pyridine rings is 1. The van der Waals surface area contributed by atoms with E-state index in [1.165, 1.54) is 6.92 Å². The predicted octanol–water partition coefficient (Wildman–Crippen LogP) is 5.35. The van der Waals surface area contributed by atoms with E-state index < -0.39 is 0 Å². The van der Waals surface area contributed by atoms with E-state index in [4.69, 9.17) is 9.84 Å². The van der Waals surface area contributed by atoms with E-state index in [1.54, 1.807) is 10.9 Å². The Kier molecular flexibility index (Phi) is 5.87. The Morgan fingerprint density at radius 1 is 1.13 bits per heavy atom. The van der Waals surface area contributed by atoms with Crippen LogP contribution in [0.1, 0.15) is 66.5 Å². The highest BCUT2D eigenvalue weighted by atomic mass is 16.5. The fraction of sp³-hybridized carbons (Fsp3) is 0.480. The third-order valence-corrected chi connectivity index (χ3v) is 5.30. The highest BCUT2D eigenvalue weighted by molar-refractivity contribution is 5.91. The van der Waals surface area contributed by atoms with Gasteiger partial charge in [-0.25, -0.2) is 9.67 Å². The Labute approximate surface area is 184 Å². The smallest absolute Gasteiger partial charge is 0.302 e. The zero-order chi connectivity index (χ0) is 23.1. The number of aromatic hydroxyl groups is 1. The third-order valence-electron chi connectivity index (χ3n) is 5.30. The quantitative estimate of drug-likeness (QED) is 0.572. The number of hydrogen-bond acceptors (Lipinski definition) is 5. The van der Waals surface area contributed by atoms with Gasteiger partial charge in [0.05, 0.1) is 6.54 Å². The Bertz CT molecular complexity index is 1080. The zero-order valence-electron chi connectivity index (χ0n) is 19.8. The number of fused-ring (bicyclic) bond motifs is 1. The summed E-state index contributed by atoms with van der Waals surface area (Å²) in [5, 5.41) is 16.8. The van der Waals surface area contributed by atoms with Gasteiger partial charge in [-0.2, -0.15) is 5.10 Å². The molecule has 0 aliphatic rings. The fourth-order valence-corrected chi connectivity index (χ4v) is 3.83. The molecule has 1 N–H and O–H groups in total. The Hall–Kier alpha value is -2.89. The van der Waals surface area contributed by atoms with Gasteiger partial charge in [-0.3, -0.25) is 4.79 Å². The maximum absolute atomic E-state index is 11.3. The lowest BCUT2D eigenvalue weighted by molar-refractivity contribution is -0.146. The molecule has 3 rings (SSSR count). The highest BCUT2D eigenvalue weighted by Gasteiger charge is 2.28. The number of carbonyl (C=O) groups excluding carboxylic acids is 1. The van der Waals surface area contributed by atoms with Crippen molar-refractivity contribution in [2.24, 2.45) is 0 Å². The summed E-state index contributed by atoms with van der Waals surface area (Å²) in [6.07, 6.45) is 1.41. The van der Waals surface area contributed by atoms with Crippen LogP contribution in [0.5, 0.6) is 5.75 Å². The van der Waals surface area contributed by atoms with Crippen molar-refractivity contribution < 1.29 is 14.6 Å². The second-order valence-electron chi connectivity index (χ2n) is 10.2. The Balaban J connectivity index is 2.23. The SMILES string of the molecule is CC(=O)OC(C)Cn1nc(-c2cc(C(C)(C)C)c(O)c(C(C)(C)C)c2)c2cccnc21. The standard InChI is InChI=1S/C25H33N3O3/c1-15(31-16(2)29)14-28-23-18(10-9-11-26-23)21(27-28)17-12-19(24(3,4)5)22(30)20(13-17)25(6,7)8/h9-13,15,30H,14H2,1-8H3. The highest BCUT2D eigenvalue weighted by Crippen LogP contribution is 2.42. The molecule has 2 heterocycles. The molecule has 0 fully saturated rings. The van der Waals surface area contributed by atoms with Crippen LogP contribution < -0.4 is 0 Å². The number of benzene rings is 1. The van der Waals surface area contributed by atoms with Crippen molar-refractivity contribution in [3.05, 3.63) is 41.6 Å². The molecular weight excluding hydrogens is 390 g/mol. The second-order valence-corrected chi connectivity index (χ2v) is 10.2. The van der Waals surface area contributed by atoms with E-state index in [-0.39, 0.29) is 22.9 Å². The van der Waals surface area contributed by atoms with Gasteiger partial charge in [-0.15, -0.1) is 0 Å². The van der Waals surface area contributed by atoms with Crippen LogP contribution in [-0.2, 0) is 26.9 Å². The van der Waals surface area contributed by atoms with Gasteiger partial charge in [0.2, 0.25) is 0 Å². The molecule has 0 aliphatic heterocycles. The van der Waals surface area contributed by atoms with Crippen LogP contribution in [0.4, 0.5) is 0 Å². The van der Waals surface area contributed by atoms with Crippen molar-refractivity contribution in [2.75, 3.05) is 0 Å². The first-order chi connectivity index (χ1) is 14.3. The summed E-state index contributed by atoms with van der Waals surface area (Å²) in [4.78, 5) is 15.9. The lowest BCUT2D eigenvalue weighted by Gasteiger charge is -2.28. The number of esters is 1. The lowest BCUT2D eigenvalue weighted by atomic mass is 9.78. The van der Waals surface area contributed by atoms with Gasteiger partial charge in [-0.05, 0) is 42.0 Å². The van der Waals surface area contributed by atoms with E-state index in [0.717, 1.165) is 33.4 Å². The van der Waals surface area contributed by atoms with Crippen LogP contribution in [0.15, 0.2) is 30.5 Å². The molecule has 6 heteroatoms. The van der Waals surface area contributed by atoms with Gasteiger partial charge in [0.1, 0.15) is 17.5 Å². The molecule has 0 aliphatic carbocycles. The molecule has 1 atom stereocenters. The number of rotatable bonds is 4. The minimum atomic E-state index is -0.328.